The first kappa shape index (κ1) is 16.0. The van der Waals surface area contributed by atoms with Crippen molar-refractivity contribution >= 4 is 0 Å². The lowest BCUT2D eigenvalue weighted by atomic mass is 9.74. The lowest BCUT2D eigenvalue weighted by Crippen LogP contribution is -2.40. The molecule has 0 aromatic carbocycles. The summed E-state index contributed by atoms with van der Waals surface area (Å²) in [6, 6.07) is 0.763. The molecule has 0 heterocycles. The largest absolute Gasteiger partial charge is 0.314 e. The van der Waals surface area contributed by atoms with E-state index in [9.17, 15) is 0 Å². The topological polar surface area (TPSA) is 12.0 Å². The van der Waals surface area contributed by atoms with Crippen molar-refractivity contribution in [1.29, 1.82) is 0 Å². The summed E-state index contributed by atoms with van der Waals surface area (Å²) in [5.74, 6) is 1.74. The molecule has 2 unspecified atom stereocenters. The van der Waals surface area contributed by atoms with Crippen molar-refractivity contribution in [2.24, 2.45) is 17.3 Å². The number of hydrogen-bond acceptors (Lipinski definition) is 1. The van der Waals surface area contributed by atoms with E-state index in [0.717, 1.165) is 17.9 Å². The van der Waals surface area contributed by atoms with Gasteiger partial charge in [0.2, 0.25) is 0 Å². The van der Waals surface area contributed by atoms with E-state index in [4.69, 9.17) is 0 Å². The molecule has 18 heavy (non-hydrogen) atoms. The molecule has 0 aromatic heterocycles. The van der Waals surface area contributed by atoms with Gasteiger partial charge in [-0.25, -0.2) is 0 Å². The molecule has 1 aliphatic rings. The summed E-state index contributed by atoms with van der Waals surface area (Å²) in [7, 11) is 0. The molecule has 0 aromatic rings. The first-order valence-corrected chi connectivity index (χ1v) is 8.18. The normalized spacial score (nSPS) is 21.8. The summed E-state index contributed by atoms with van der Waals surface area (Å²) >= 11 is 0. The van der Waals surface area contributed by atoms with Crippen molar-refractivity contribution in [1.82, 2.24) is 5.32 Å². The molecular weight excluding hydrogens is 218 g/mol. The van der Waals surface area contributed by atoms with Gasteiger partial charge in [0, 0.05) is 6.04 Å². The molecule has 1 N–H and O–H groups in total. The van der Waals surface area contributed by atoms with Crippen molar-refractivity contribution in [2.75, 3.05) is 6.54 Å². The summed E-state index contributed by atoms with van der Waals surface area (Å²) in [5.41, 5.74) is 0.445. The summed E-state index contributed by atoms with van der Waals surface area (Å²) in [6.45, 7) is 13.1. The summed E-state index contributed by atoms with van der Waals surface area (Å²) in [5, 5.41) is 3.84. The minimum atomic E-state index is 0.445. The van der Waals surface area contributed by atoms with Gasteiger partial charge in [0.25, 0.3) is 0 Å². The van der Waals surface area contributed by atoms with Crippen LogP contribution in [0.4, 0.5) is 0 Å². The van der Waals surface area contributed by atoms with Gasteiger partial charge in [0.1, 0.15) is 0 Å². The smallest absolute Gasteiger partial charge is 0.00980 e. The Balaban J connectivity index is 2.53. The van der Waals surface area contributed by atoms with E-state index in [1.165, 1.54) is 51.5 Å². The van der Waals surface area contributed by atoms with Crippen LogP contribution in [0.2, 0.25) is 0 Å². The highest BCUT2D eigenvalue weighted by molar-refractivity contribution is 4.83. The third-order valence-electron chi connectivity index (χ3n) is 4.96. The van der Waals surface area contributed by atoms with Gasteiger partial charge < -0.3 is 5.32 Å². The number of rotatable bonds is 6. The number of nitrogens with one attached hydrogen (secondary N) is 1. The third-order valence-corrected chi connectivity index (χ3v) is 4.96. The van der Waals surface area contributed by atoms with E-state index in [0.29, 0.717) is 5.41 Å². The lowest BCUT2D eigenvalue weighted by molar-refractivity contribution is 0.177. The molecule has 1 aliphatic carbocycles. The molecule has 2 atom stereocenters. The molecule has 0 spiro atoms. The van der Waals surface area contributed by atoms with Crippen molar-refractivity contribution < 1.29 is 0 Å². The van der Waals surface area contributed by atoms with Crippen molar-refractivity contribution in [3.05, 3.63) is 0 Å². The van der Waals surface area contributed by atoms with Crippen LogP contribution in [-0.2, 0) is 0 Å². The minimum Gasteiger partial charge on any atom is -0.314 e. The average molecular weight is 253 g/mol. The minimum absolute atomic E-state index is 0.445. The van der Waals surface area contributed by atoms with Gasteiger partial charge in [0.15, 0.2) is 0 Å². The van der Waals surface area contributed by atoms with E-state index in [-0.39, 0.29) is 0 Å². The van der Waals surface area contributed by atoms with Gasteiger partial charge in [0.05, 0.1) is 0 Å². The highest BCUT2D eigenvalue weighted by Gasteiger charge is 2.28. The van der Waals surface area contributed by atoms with Crippen LogP contribution >= 0.6 is 0 Å². The van der Waals surface area contributed by atoms with E-state index in [1.54, 1.807) is 0 Å². The molecule has 0 radical (unpaired) electrons. The Bertz CT molecular complexity index is 210. The highest BCUT2D eigenvalue weighted by atomic mass is 14.9. The van der Waals surface area contributed by atoms with Crippen LogP contribution in [-0.4, -0.2) is 12.6 Å². The number of hydrogen-bond donors (Lipinski definition) is 1. The Morgan fingerprint density at radius 2 is 1.72 bits per heavy atom. The molecule has 1 saturated carbocycles. The van der Waals surface area contributed by atoms with Crippen LogP contribution in [0.1, 0.15) is 79.6 Å². The second-order valence-corrected chi connectivity index (χ2v) is 7.46. The second-order valence-electron chi connectivity index (χ2n) is 7.46. The zero-order chi connectivity index (χ0) is 13.6. The van der Waals surface area contributed by atoms with Crippen LogP contribution in [0.25, 0.3) is 0 Å². The van der Waals surface area contributed by atoms with E-state index >= 15 is 0 Å². The zero-order valence-corrected chi connectivity index (χ0v) is 13.4. The van der Waals surface area contributed by atoms with Crippen LogP contribution in [0.3, 0.4) is 0 Å². The average Bonchev–Trinajstić information content (AvgIpc) is 2.34. The zero-order valence-electron chi connectivity index (χ0n) is 13.4. The fourth-order valence-corrected chi connectivity index (χ4v) is 3.04. The van der Waals surface area contributed by atoms with Gasteiger partial charge in [-0.05, 0) is 49.5 Å². The van der Waals surface area contributed by atoms with Gasteiger partial charge in [-0.15, -0.1) is 0 Å². The molecule has 0 saturated heterocycles. The monoisotopic (exact) mass is 253 g/mol. The van der Waals surface area contributed by atoms with Gasteiger partial charge in [-0.2, -0.15) is 0 Å². The van der Waals surface area contributed by atoms with Crippen molar-refractivity contribution in [2.45, 2.75) is 85.6 Å². The van der Waals surface area contributed by atoms with Gasteiger partial charge >= 0.3 is 0 Å². The van der Waals surface area contributed by atoms with Crippen molar-refractivity contribution in [3.63, 3.8) is 0 Å². The summed E-state index contributed by atoms with van der Waals surface area (Å²) in [4.78, 5) is 0. The second kappa shape index (κ2) is 7.53. The van der Waals surface area contributed by atoms with Crippen LogP contribution in [0.15, 0.2) is 0 Å². The predicted octanol–water partition coefficient (Wildman–Crippen LogP) is 5.01. The Kier molecular flexibility index (Phi) is 6.70. The molecule has 0 aliphatic heterocycles. The Hall–Kier alpha value is -0.0400. The highest BCUT2D eigenvalue weighted by Crippen LogP contribution is 2.34. The Morgan fingerprint density at radius 3 is 2.22 bits per heavy atom. The Labute approximate surface area is 115 Å². The molecule has 1 nitrogen and oxygen atoms in total. The van der Waals surface area contributed by atoms with Crippen LogP contribution < -0.4 is 5.32 Å². The molecule has 0 amide bonds. The van der Waals surface area contributed by atoms with Gasteiger partial charge in [-0.1, -0.05) is 53.9 Å². The summed E-state index contributed by atoms with van der Waals surface area (Å²) < 4.78 is 0. The maximum Gasteiger partial charge on any atom is 0.00980 e. The predicted molar refractivity (Wildman–Crippen MR) is 81.9 cm³/mol. The quantitative estimate of drug-likeness (QED) is 0.702. The maximum atomic E-state index is 3.84. The standard InChI is InChI=1S/C17H35N/c1-6-12-18-16(13-14(2)17(3,4)5)15-10-8-7-9-11-15/h14-16,18H,6-13H2,1-5H3. The lowest BCUT2D eigenvalue weighted by Gasteiger charge is -2.36. The van der Waals surface area contributed by atoms with E-state index in [1.807, 2.05) is 0 Å². The molecule has 0 bridgehead atoms. The van der Waals surface area contributed by atoms with Crippen LogP contribution in [0.5, 0.6) is 0 Å². The fraction of sp³-hybridized carbons (Fsp3) is 1.00. The maximum absolute atomic E-state index is 3.84. The fourth-order valence-electron chi connectivity index (χ4n) is 3.04. The van der Waals surface area contributed by atoms with Gasteiger partial charge in [-0.3, -0.25) is 0 Å². The van der Waals surface area contributed by atoms with E-state index < -0.39 is 0 Å². The Morgan fingerprint density at radius 1 is 1.11 bits per heavy atom. The van der Waals surface area contributed by atoms with Crippen molar-refractivity contribution in [3.8, 4) is 0 Å². The molecule has 1 fully saturated rings. The SMILES string of the molecule is CCCNC(CC(C)C(C)(C)C)C1CCCCC1. The van der Waals surface area contributed by atoms with Crippen LogP contribution in [0, 0.1) is 17.3 Å². The molecular formula is C17H35N. The first-order valence-electron chi connectivity index (χ1n) is 8.18. The third kappa shape index (κ3) is 5.30. The van der Waals surface area contributed by atoms with E-state index in [2.05, 4.69) is 39.9 Å². The molecule has 1 rings (SSSR count). The first-order chi connectivity index (χ1) is 8.45. The molecule has 108 valence electrons. The summed E-state index contributed by atoms with van der Waals surface area (Å²) in [6.07, 6.45) is 9.90. The molecule has 1 heteroatoms.